The molecule has 1 saturated carbocycles. The van der Waals surface area contributed by atoms with E-state index < -0.39 is 11.0 Å². The zero-order valence-corrected chi connectivity index (χ0v) is 26.4. The van der Waals surface area contributed by atoms with Crippen LogP contribution in [-0.4, -0.2) is 63.6 Å². The molecular formula is C31H35Cl3N4O4. The number of benzene rings is 2. The molecule has 5 rings (SSSR count). The Morgan fingerprint density at radius 2 is 1.69 bits per heavy atom. The summed E-state index contributed by atoms with van der Waals surface area (Å²) in [7, 11) is 0. The summed E-state index contributed by atoms with van der Waals surface area (Å²) >= 11 is 18.8. The molecule has 11 heteroatoms. The fourth-order valence-corrected chi connectivity index (χ4v) is 6.72. The van der Waals surface area contributed by atoms with Crippen LogP contribution in [0.5, 0.6) is 0 Å². The van der Waals surface area contributed by atoms with Crippen LogP contribution in [0.15, 0.2) is 42.5 Å². The van der Waals surface area contributed by atoms with Gasteiger partial charge in [0.25, 0.3) is 5.91 Å². The smallest absolute Gasteiger partial charge is 0.410 e. The lowest BCUT2D eigenvalue weighted by molar-refractivity contribution is 0.0136. The molecule has 3 aromatic rings. The number of aliphatic hydroxyl groups excluding tert-OH is 1. The lowest BCUT2D eigenvalue weighted by Gasteiger charge is -2.36. The summed E-state index contributed by atoms with van der Waals surface area (Å²) in [5.74, 6) is -0.340. The standard InChI is InChI=1S/C31H35Cl3N4O4/c1-19-25(36-38(24-10-9-22(33)15-23(24)34)26(19)20-5-7-21(32)8-6-20)27(40)35-17-31(18-39)16-30(31)11-13-37(14-12-30)28(41)42-29(2,3)4/h5-10,15,39H,11-14,16-18H2,1-4H3,(H,35,40). The van der Waals surface area contributed by atoms with Crippen LogP contribution in [0, 0.1) is 17.8 Å². The number of nitrogens with one attached hydrogen (secondary N) is 1. The zero-order valence-electron chi connectivity index (χ0n) is 24.1. The normalized spacial score (nSPS) is 19.6. The number of ether oxygens (including phenoxy) is 1. The van der Waals surface area contributed by atoms with Gasteiger partial charge in [0.05, 0.1) is 23.0 Å². The number of hydrogen-bond donors (Lipinski definition) is 2. The maximum absolute atomic E-state index is 13.6. The summed E-state index contributed by atoms with van der Waals surface area (Å²) in [6.45, 7) is 8.76. The number of piperidine rings is 1. The van der Waals surface area contributed by atoms with Crippen molar-refractivity contribution in [2.45, 2.75) is 52.6 Å². The SMILES string of the molecule is Cc1c(C(=O)NCC2(CO)CC23CCN(C(=O)OC(C)(C)C)CC3)nn(-c2ccc(Cl)cc2Cl)c1-c1ccc(Cl)cc1. The van der Waals surface area contributed by atoms with Gasteiger partial charge in [-0.1, -0.05) is 46.9 Å². The van der Waals surface area contributed by atoms with Crippen LogP contribution < -0.4 is 5.32 Å². The average Bonchev–Trinajstić information content (AvgIpc) is 3.40. The first-order valence-corrected chi connectivity index (χ1v) is 15.1. The van der Waals surface area contributed by atoms with Gasteiger partial charge < -0.3 is 20.1 Å². The van der Waals surface area contributed by atoms with Gasteiger partial charge in [-0.15, -0.1) is 0 Å². The van der Waals surface area contributed by atoms with Crippen LogP contribution in [0.4, 0.5) is 4.79 Å². The predicted octanol–water partition coefficient (Wildman–Crippen LogP) is 6.94. The van der Waals surface area contributed by atoms with Crippen molar-refractivity contribution < 1.29 is 19.4 Å². The quantitative estimate of drug-likeness (QED) is 0.307. The molecule has 2 heterocycles. The van der Waals surface area contributed by atoms with Gasteiger partial charge in [0, 0.05) is 46.2 Å². The van der Waals surface area contributed by atoms with Gasteiger partial charge in [-0.25, -0.2) is 9.48 Å². The van der Waals surface area contributed by atoms with Gasteiger partial charge in [-0.05, 0) is 82.7 Å². The molecule has 224 valence electrons. The second-order valence-electron chi connectivity index (χ2n) is 12.4. The number of carbonyl (C=O) groups is 2. The third kappa shape index (κ3) is 5.87. The number of aliphatic hydroxyl groups is 1. The molecule has 1 aromatic heterocycles. The van der Waals surface area contributed by atoms with Crippen LogP contribution in [0.25, 0.3) is 16.9 Å². The highest BCUT2D eigenvalue weighted by molar-refractivity contribution is 6.35. The molecule has 2 N–H and O–H groups in total. The maximum atomic E-state index is 13.6. The number of carbonyl (C=O) groups excluding carboxylic acids is 2. The van der Waals surface area contributed by atoms with Crippen molar-refractivity contribution in [3.63, 3.8) is 0 Å². The minimum atomic E-state index is -0.553. The molecule has 1 saturated heterocycles. The summed E-state index contributed by atoms with van der Waals surface area (Å²) in [4.78, 5) is 27.9. The Hall–Kier alpha value is -2.78. The molecule has 1 atom stereocenters. The zero-order chi connectivity index (χ0) is 30.4. The average molecular weight is 634 g/mol. The van der Waals surface area contributed by atoms with Gasteiger partial charge >= 0.3 is 6.09 Å². The molecule has 0 radical (unpaired) electrons. The van der Waals surface area contributed by atoms with Crippen molar-refractivity contribution in [1.29, 1.82) is 0 Å². The molecule has 1 aliphatic heterocycles. The largest absolute Gasteiger partial charge is 0.444 e. The highest BCUT2D eigenvalue weighted by Gasteiger charge is 2.67. The van der Waals surface area contributed by atoms with E-state index in [-0.39, 0.29) is 29.7 Å². The van der Waals surface area contributed by atoms with Crippen molar-refractivity contribution in [3.8, 4) is 16.9 Å². The van der Waals surface area contributed by atoms with Crippen molar-refractivity contribution in [2.24, 2.45) is 10.8 Å². The number of nitrogens with zero attached hydrogens (tertiary/aromatic N) is 3. The molecule has 1 aliphatic carbocycles. The third-order valence-corrected chi connectivity index (χ3v) is 9.32. The lowest BCUT2D eigenvalue weighted by Crippen LogP contribution is -2.44. The van der Waals surface area contributed by atoms with E-state index in [9.17, 15) is 14.7 Å². The van der Waals surface area contributed by atoms with E-state index in [1.165, 1.54) is 0 Å². The molecule has 1 unspecified atom stereocenters. The van der Waals surface area contributed by atoms with Crippen molar-refractivity contribution in [1.82, 2.24) is 20.0 Å². The number of halogens is 3. The Bertz CT molecular complexity index is 1510. The first-order valence-electron chi connectivity index (χ1n) is 14.0. The Balaban J connectivity index is 1.35. The van der Waals surface area contributed by atoms with E-state index in [2.05, 4.69) is 5.32 Å². The summed E-state index contributed by atoms with van der Waals surface area (Å²) in [5, 5.41) is 19.7. The Morgan fingerprint density at radius 3 is 2.29 bits per heavy atom. The minimum Gasteiger partial charge on any atom is -0.444 e. The second kappa shape index (κ2) is 11.4. The van der Waals surface area contributed by atoms with E-state index in [1.807, 2.05) is 39.8 Å². The Kier molecular flexibility index (Phi) is 8.31. The Labute approximate surface area is 260 Å². The Morgan fingerprint density at radius 1 is 1.05 bits per heavy atom. The summed E-state index contributed by atoms with van der Waals surface area (Å²) in [5.41, 5.74) is 1.91. The molecule has 0 bridgehead atoms. The monoisotopic (exact) mass is 632 g/mol. The number of hydrogen-bond acceptors (Lipinski definition) is 5. The molecule has 2 aliphatic rings. The van der Waals surface area contributed by atoms with Gasteiger partial charge in [0.2, 0.25) is 0 Å². The molecule has 1 spiro atoms. The summed E-state index contributed by atoms with van der Waals surface area (Å²) in [6.07, 6.45) is 1.95. The van der Waals surface area contributed by atoms with Crippen molar-refractivity contribution in [3.05, 3.63) is 68.8 Å². The van der Waals surface area contributed by atoms with Crippen LogP contribution in [-0.2, 0) is 4.74 Å². The summed E-state index contributed by atoms with van der Waals surface area (Å²) < 4.78 is 7.18. The van der Waals surface area contributed by atoms with E-state index in [0.717, 1.165) is 24.8 Å². The van der Waals surface area contributed by atoms with Crippen molar-refractivity contribution >= 4 is 46.8 Å². The minimum absolute atomic E-state index is 0.0520. The second-order valence-corrected chi connectivity index (χ2v) is 13.7. The van der Waals surface area contributed by atoms with Crippen molar-refractivity contribution in [2.75, 3.05) is 26.2 Å². The first-order chi connectivity index (χ1) is 19.8. The topological polar surface area (TPSA) is 96.7 Å². The van der Waals surface area contributed by atoms with Gasteiger partial charge in [-0.3, -0.25) is 4.79 Å². The highest BCUT2D eigenvalue weighted by Crippen LogP contribution is 2.68. The molecule has 2 amide bonds. The van der Waals surface area contributed by atoms with Gasteiger partial charge in [0.15, 0.2) is 5.69 Å². The number of likely N-dealkylation sites (tertiary alicyclic amines) is 1. The molecule has 8 nitrogen and oxygen atoms in total. The fraction of sp³-hybridized carbons (Fsp3) is 0.452. The van der Waals surface area contributed by atoms with Gasteiger partial charge in [0.1, 0.15) is 5.60 Å². The molecule has 2 aromatic carbocycles. The van der Waals surface area contributed by atoms with Crippen LogP contribution >= 0.6 is 34.8 Å². The summed E-state index contributed by atoms with van der Waals surface area (Å²) in [6, 6.07) is 12.4. The van der Waals surface area contributed by atoms with Crippen LogP contribution in [0.2, 0.25) is 15.1 Å². The number of aromatic nitrogens is 2. The molecular weight excluding hydrogens is 599 g/mol. The molecule has 2 fully saturated rings. The predicted molar refractivity (Wildman–Crippen MR) is 165 cm³/mol. The van der Waals surface area contributed by atoms with Crippen LogP contribution in [0.1, 0.15) is 56.1 Å². The maximum Gasteiger partial charge on any atom is 0.410 e. The third-order valence-electron chi connectivity index (χ3n) is 8.53. The van der Waals surface area contributed by atoms with Crippen LogP contribution in [0.3, 0.4) is 0 Å². The number of rotatable bonds is 6. The highest BCUT2D eigenvalue weighted by atomic mass is 35.5. The lowest BCUT2D eigenvalue weighted by atomic mass is 9.84. The van der Waals surface area contributed by atoms with E-state index in [0.29, 0.717) is 51.6 Å². The van der Waals surface area contributed by atoms with Gasteiger partial charge in [-0.2, -0.15) is 5.10 Å². The fourth-order valence-electron chi connectivity index (χ4n) is 6.10. The number of amides is 2. The van der Waals surface area contributed by atoms with E-state index >= 15 is 0 Å². The first kappa shape index (κ1) is 30.7. The van der Waals surface area contributed by atoms with E-state index in [4.69, 9.17) is 44.6 Å². The molecule has 42 heavy (non-hydrogen) atoms. The van der Waals surface area contributed by atoms with E-state index in [1.54, 1.807) is 39.9 Å².